The van der Waals surface area contributed by atoms with Gasteiger partial charge in [-0.3, -0.25) is 4.79 Å². The van der Waals surface area contributed by atoms with Crippen LogP contribution in [0.2, 0.25) is 0 Å². The fraction of sp³-hybridized carbons (Fsp3) is 0.438. The maximum absolute atomic E-state index is 11.8. The molecular weight excluding hydrogens is 296 g/mol. The summed E-state index contributed by atoms with van der Waals surface area (Å²) in [6, 6.07) is 8.35. The van der Waals surface area contributed by atoms with Crippen molar-refractivity contribution < 1.29 is 4.79 Å². The number of nitrogens with one attached hydrogen (secondary N) is 1. The lowest BCUT2D eigenvalue weighted by atomic mass is 10.1. The van der Waals surface area contributed by atoms with Gasteiger partial charge in [0.15, 0.2) is 11.0 Å². The normalized spacial score (nSPS) is 12.2. The molecule has 0 aliphatic rings. The van der Waals surface area contributed by atoms with Gasteiger partial charge < -0.3 is 9.88 Å². The fourth-order valence-electron chi connectivity index (χ4n) is 2.02. The van der Waals surface area contributed by atoms with Crippen LogP contribution in [0.3, 0.4) is 0 Å². The van der Waals surface area contributed by atoms with E-state index >= 15 is 0 Å². The topological polar surface area (TPSA) is 59.8 Å². The summed E-state index contributed by atoms with van der Waals surface area (Å²) in [5.41, 5.74) is 2.22. The second-order valence-electron chi connectivity index (χ2n) is 5.40. The molecule has 0 unspecified atom stereocenters. The van der Waals surface area contributed by atoms with E-state index in [0.717, 1.165) is 23.0 Å². The zero-order chi connectivity index (χ0) is 16.1. The minimum absolute atomic E-state index is 0.0273. The average molecular weight is 318 g/mol. The maximum atomic E-state index is 11.8. The number of aromatic nitrogens is 3. The van der Waals surface area contributed by atoms with E-state index in [2.05, 4.69) is 41.5 Å². The summed E-state index contributed by atoms with van der Waals surface area (Å²) in [5.74, 6) is 1.19. The molecule has 0 saturated carbocycles. The van der Waals surface area contributed by atoms with Crippen molar-refractivity contribution >= 4 is 17.7 Å². The van der Waals surface area contributed by atoms with Gasteiger partial charge in [0.1, 0.15) is 0 Å². The van der Waals surface area contributed by atoms with Gasteiger partial charge in [-0.2, -0.15) is 0 Å². The second-order valence-corrected chi connectivity index (χ2v) is 6.34. The molecule has 118 valence electrons. The zero-order valence-electron chi connectivity index (χ0n) is 13.5. The lowest BCUT2D eigenvalue weighted by Gasteiger charge is -2.10. The summed E-state index contributed by atoms with van der Waals surface area (Å²) < 4.78 is 1.93. The van der Waals surface area contributed by atoms with Gasteiger partial charge in [0, 0.05) is 18.7 Å². The van der Waals surface area contributed by atoms with E-state index in [9.17, 15) is 4.79 Å². The average Bonchev–Trinajstić information content (AvgIpc) is 2.86. The Kier molecular flexibility index (Phi) is 5.60. The molecule has 5 nitrogen and oxygen atoms in total. The molecule has 2 aromatic rings. The molecule has 2 rings (SSSR count). The van der Waals surface area contributed by atoms with Gasteiger partial charge in [0.05, 0.1) is 5.75 Å². The van der Waals surface area contributed by atoms with Crippen LogP contribution in [0.15, 0.2) is 29.4 Å². The Hall–Kier alpha value is -1.82. The number of thioether (sulfide) groups is 1. The molecule has 22 heavy (non-hydrogen) atoms. The van der Waals surface area contributed by atoms with Crippen LogP contribution in [0.4, 0.5) is 0 Å². The molecule has 0 bridgehead atoms. The van der Waals surface area contributed by atoms with Crippen molar-refractivity contribution in [2.75, 3.05) is 5.75 Å². The standard InChI is InChI=1S/C16H22N4OS/c1-5-12(3)17-14(21)10-22-16-19-18-15(20(16)4)13-8-6-7-11(2)9-13/h6-9,12H,5,10H2,1-4H3,(H,17,21)/t12-/m1/s1. The van der Waals surface area contributed by atoms with E-state index in [0.29, 0.717) is 5.75 Å². The number of carbonyl (C=O) groups excluding carboxylic acids is 1. The smallest absolute Gasteiger partial charge is 0.230 e. The molecule has 1 aromatic heterocycles. The molecule has 0 radical (unpaired) electrons. The van der Waals surface area contributed by atoms with Gasteiger partial charge in [-0.1, -0.05) is 42.4 Å². The molecule has 1 amide bonds. The maximum Gasteiger partial charge on any atom is 0.230 e. The van der Waals surface area contributed by atoms with Gasteiger partial charge >= 0.3 is 0 Å². The quantitative estimate of drug-likeness (QED) is 0.832. The number of rotatable bonds is 6. The highest BCUT2D eigenvalue weighted by molar-refractivity contribution is 7.99. The third-order valence-corrected chi connectivity index (χ3v) is 4.48. The molecule has 0 saturated heterocycles. The van der Waals surface area contributed by atoms with Crippen molar-refractivity contribution in [1.82, 2.24) is 20.1 Å². The minimum atomic E-state index is 0.0273. The van der Waals surface area contributed by atoms with E-state index < -0.39 is 0 Å². The van der Waals surface area contributed by atoms with Crippen molar-refractivity contribution in [3.05, 3.63) is 29.8 Å². The molecule has 0 aliphatic carbocycles. The Bertz CT molecular complexity index is 653. The number of hydrogen-bond acceptors (Lipinski definition) is 4. The third kappa shape index (κ3) is 4.10. The second kappa shape index (κ2) is 7.45. The lowest BCUT2D eigenvalue weighted by molar-refractivity contribution is -0.119. The van der Waals surface area contributed by atoms with Crippen LogP contribution in [0.1, 0.15) is 25.8 Å². The van der Waals surface area contributed by atoms with Crippen molar-refractivity contribution in [3.63, 3.8) is 0 Å². The van der Waals surface area contributed by atoms with Gasteiger partial charge in [-0.05, 0) is 26.3 Å². The third-order valence-electron chi connectivity index (χ3n) is 3.46. The number of hydrogen-bond donors (Lipinski definition) is 1. The Balaban J connectivity index is 2.04. The van der Waals surface area contributed by atoms with Crippen molar-refractivity contribution in [2.45, 2.75) is 38.4 Å². The van der Waals surface area contributed by atoms with Crippen molar-refractivity contribution in [1.29, 1.82) is 0 Å². The van der Waals surface area contributed by atoms with Gasteiger partial charge in [0.25, 0.3) is 0 Å². The molecule has 0 spiro atoms. The summed E-state index contributed by atoms with van der Waals surface area (Å²) in [4.78, 5) is 11.8. The van der Waals surface area contributed by atoms with Crippen LogP contribution >= 0.6 is 11.8 Å². The zero-order valence-corrected chi connectivity index (χ0v) is 14.3. The number of amides is 1. The summed E-state index contributed by atoms with van der Waals surface area (Å²) in [7, 11) is 1.92. The van der Waals surface area contributed by atoms with E-state index in [-0.39, 0.29) is 11.9 Å². The van der Waals surface area contributed by atoms with Gasteiger partial charge in [-0.25, -0.2) is 0 Å². The first-order valence-corrected chi connectivity index (χ1v) is 8.38. The van der Waals surface area contributed by atoms with Crippen LogP contribution < -0.4 is 5.32 Å². The number of aryl methyl sites for hydroxylation is 1. The number of benzene rings is 1. The molecule has 1 atom stereocenters. The first kappa shape index (κ1) is 16.5. The number of nitrogens with zero attached hydrogens (tertiary/aromatic N) is 3. The lowest BCUT2D eigenvalue weighted by Crippen LogP contribution is -2.33. The molecule has 1 heterocycles. The van der Waals surface area contributed by atoms with Gasteiger partial charge in [0.2, 0.25) is 5.91 Å². The van der Waals surface area contributed by atoms with Crippen LogP contribution in [0.5, 0.6) is 0 Å². The summed E-state index contributed by atoms with van der Waals surface area (Å²) >= 11 is 1.40. The van der Waals surface area contributed by atoms with Gasteiger partial charge in [-0.15, -0.1) is 10.2 Å². The van der Waals surface area contributed by atoms with E-state index in [1.807, 2.05) is 30.7 Å². The summed E-state index contributed by atoms with van der Waals surface area (Å²) in [6.45, 7) is 6.10. The molecule has 1 N–H and O–H groups in total. The number of carbonyl (C=O) groups is 1. The highest BCUT2D eigenvalue weighted by Gasteiger charge is 2.13. The van der Waals surface area contributed by atoms with Crippen LogP contribution in [0, 0.1) is 6.92 Å². The molecule has 0 aliphatic heterocycles. The Labute approximate surface area is 135 Å². The molecular formula is C16H22N4OS. The van der Waals surface area contributed by atoms with Crippen molar-refractivity contribution in [3.8, 4) is 11.4 Å². The van der Waals surface area contributed by atoms with E-state index in [1.54, 1.807) is 0 Å². The Morgan fingerprint density at radius 3 is 2.86 bits per heavy atom. The fourth-order valence-corrected chi connectivity index (χ4v) is 2.75. The minimum Gasteiger partial charge on any atom is -0.353 e. The monoisotopic (exact) mass is 318 g/mol. The van der Waals surface area contributed by atoms with E-state index in [1.165, 1.54) is 17.3 Å². The summed E-state index contributed by atoms with van der Waals surface area (Å²) in [6.07, 6.45) is 0.928. The predicted octanol–water partition coefficient (Wildman–Crippen LogP) is 2.80. The highest BCUT2D eigenvalue weighted by Crippen LogP contribution is 2.23. The SMILES string of the molecule is CC[C@@H](C)NC(=O)CSc1nnc(-c2cccc(C)c2)n1C. The van der Waals surface area contributed by atoms with E-state index in [4.69, 9.17) is 0 Å². The summed E-state index contributed by atoms with van der Waals surface area (Å²) in [5, 5.41) is 12.1. The van der Waals surface area contributed by atoms with Crippen LogP contribution in [0.25, 0.3) is 11.4 Å². The molecule has 0 fully saturated rings. The molecule has 1 aromatic carbocycles. The van der Waals surface area contributed by atoms with Crippen LogP contribution in [-0.2, 0) is 11.8 Å². The largest absolute Gasteiger partial charge is 0.353 e. The Morgan fingerprint density at radius 1 is 1.41 bits per heavy atom. The Morgan fingerprint density at radius 2 is 2.18 bits per heavy atom. The highest BCUT2D eigenvalue weighted by atomic mass is 32.2. The predicted molar refractivity (Wildman–Crippen MR) is 89.8 cm³/mol. The van der Waals surface area contributed by atoms with Crippen molar-refractivity contribution in [2.24, 2.45) is 7.05 Å². The molecule has 6 heteroatoms. The first-order chi connectivity index (χ1) is 10.5. The van der Waals surface area contributed by atoms with Crippen LogP contribution in [-0.4, -0.2) is 32.5 Å². The first-order valence-electron chi connectivity index (χ1n) is 7.39.